The van der Waals surface area contributed by atoms with E-state index in [0.717, 1.165) is 17.3 Å². The zero-order chi connectivity index (χ0) is 23.4. The molecule has 3 aromatic rings. The molecule has 7 rings (SSSR count). The molecule has 4 atom stereocenters. The lowest BCUT2D eigenvalue weighted by Gasteiger charge is -2.39. The molecule has 1 aromatic heterocycles. The second kappa shape index (κ2) is 7.61. The molecule has 3 heteroatoms. The minimum Gasteiger partial charge on any atom is -0.316 e. The number of aromatic nitrogens is 1. The Morgan fingerprint density at radius 1 is 0.714 bits per heavy atom. The molecule has 3 nitrogen and oxygen atoms in total. The van der Waals surface area contributed by atoms with Gasteiger partial charge in [-0.3, -0.25) is 0 Å². The maximum atomic E-state index is 5.30. The third-order valence-electron chi connectivity index (χ3n) is 7.57. The topological polar surface area (TPSA) is 19.4 Å². The quantitative estimate of drug-likeness (QED) is 0.394. The molecule has 0 N–H and O–H groups in total. The summed E-state index contributed by atoms with van der Waals surface area (Å²) < 4.78 is 0. The maximum Gasteiger partial charge on any atom is 0.136 e. The molecule has 4 aliphatic rings. The Hall–Kier alpha value is -4.29. The third kappa shape index (κ3) is 2.97. The molecule has 0 radical (unpaired) electrons. The first-order chi connectivity index (χ1) is 17.2. The Kier molecular flexibility index (Phi) is 4.38. The summed E-state index contributed by atoms with van der Waals surface area (Å²) in [5.41, 5.74) is 4.71. The third-order valence-corrected chi connectivity index (χ3v) is 7.57. The van der Waals surface area contributed by atoms with Crippen molar-refractivity contribution in [1.29, 1.82) is 0 Å². The average Bonchev–Trinajstić information content (AvgIpc) is 3.08. The molecular weight excluding hydrogens is 426 g/mol. The van der Waals surface area contributed by atoms with Crippen LogP contribution in [-0.4, -0.2) is 16.6 Å². The van der Waals surface area contributed by atoms with E-state index in [1.165, 1.54) is 16.8 Å². The van der Waals surface area contributed by atoms with E-state index in [-0.39, 0.29) is 23.4 Å². The number of rotatable bonds is 2. The number of anilines is 4. The van der Waals surface area contributed by atoms with Gasteiger partial charge >= 0.3 is 0 Å². The highest BCUT2D eigenvalue weighted by molar-refractivity contribution is 5.78. The Bertz CT molecular complexity index is 1510. The minimum atomic E-state index is -0.211. The predicted molar refractivity (Wildman–Crippen MR) is 143 cm³/mol. The zero-order valence-corrected chi connectivity index (χ0v) is 19.5. The monoisotopic (exact) mass is 451 g/mol. The van der Waals surface area contributed by atoms with Gasteiger partial charge < -0.3 is 9.80 Å². The summed E-state index contributed by atoms with van der Waals surface area (Å²) in [6, 6.07) is 23.5. The van der Waals surface area contributed by atoms with Gasteiger partial charge in [-0.25, -0.2) is 4.98 Å². The first kappa shape index (κ1) is 20.1. The number of fused-ring (bicyclic) bond motifs is 7. The van der Waals surface area contributed by atoms with Crippen LogP contribution in [0, 0.1) is 11.8 Å². The molecule has 168 valence electrons. The second-order valence-corrected chi connectivity index (χ2v) is 9.61. The second-order valence-electron chi connectivity index (χ2n) is 9.61. The lowest BCUT2D eigenvalue weighted by atomic mass is 9.80. The molecule has 0 saturated heterocycles. The minimum absolute atomic E-state index is 0.0797. The van der Waals surface area contributed by atoms with Gasteiger partial charge in [-0.15, -0.1) is 0 Å². The van der Waals surface area contributed by atoms with Crippen molar-refractivity contribution >= 4 is 23.0 Å². The van der Waals surface area contributed by atoms with Gasteiger partial charge in [0.2, 0.25) is 0 Å². The largest absolute Gasteiger partial charge is 0.316 e. The highest BCUT2D eigenvalue weighted by Gasteiger charge is 2.47. The Labute approximate surface area is 206 Å². The number of para-hydroxylation sites is 2. The van der Waals surface area contributed by atoms with Crippen molar-refractivity contribution in [3.8, 4) is 11.8 Å². The fraction of sp³-hybridized carbons (Fsp3) is 0.156. The molecule has 35 heavy (non-hydrogen) atoms. The van der Waals surface area contributed by atoms with Gasteiger partial charge in [-0.2, -0.15) is 0 Å². The molecule has 2 aliphatic heterocycles. The molecule has 0 fully saturated rings. The summed E-state index contributed by atoms with van der Waals surface area (Å²) in [5, 5.41) is 0. The number of nitrogens with zero attached hydrogens (tertiary/aromatic N) is 3. The van der Waals surface area contributed by atoms with Crippen LogP contribution in [-0.2, 0) is 0 Å². The molecule has 0 amide bonds. The van der Waals surface area contributed by atoms with E-state index >= 15 is 0 Å². The van der Waals surface area contributed by atoms with E-state index in [1.807, 2.05) is 0 Å². The van der Waals surface area contributed by atoms with Crippen LogP contribution in [0.2, 0.25) is 0 Å². The van der Waals surface area contributed by atoms with Crippen LogP contribution in [0.3, 0.4) is 0 Å². The van der Waals surface area contributed by atoms with Crippen molar-refractivity contribution in [3.05, 3.63) is 126 Å². The van der Waals surface area contributed by atoms with Crippen molar-refractivity contribution in [1.82, 2.24) is 4.98 Å². The summed E-state index contributed by atoms with van der Waals surface area (Å²) >= 11 is 0. The van der Waals surface area contributed by atoms with Crippen LogP contribution in [0.1, 0.15) is 29.9 Å². The van der Waals surface area contributed by atoms with Gasteiger partial charge in [-0.05, 0) is 48.4 Å². The zero-order valence-electron chi connectivity index (χ0n) is 19.5. The van der Waals surface area contributed by atoms with Crippen LogP contribution in [0.4, 0.5) is 23.0 Å². The molecule has 0 spiro atoms. The SMILES string of the molecule is CC12C=CC=CC1c1ccccc1N2c1cccc(N2c3ccccc3C3C#CC2/C=C\C=C/3)n1. The highest BCUT2D eigenvalue weighted by Crippen LogP contribution is 2.53. The number of pyridine rings is 1. The summed E-state index contributed by atoms with van der Waals surface area (Å²) in [4.78, 5) is 9.99. The summed E-state index contributed by atoms with van der Waals surface area (Å²) in [6.07, 6.45) is 17.5. The highest BCUT2D eigenvalue weighted by atomic mass is 15.3. The number of allylic oxidation sites excluding steroid dienone is 5. The normalized spacial score (nSPS) is 28.7. The van der Waals surface area contributed by atoms with E-state index in [1.54, 1.807) is 0 Å². The van der Waals surface area contributed by atoms with Gasteiger partial charge in [0, 0.05) is 17.3 Å². The van der Waals surface area contributed by atoms with Crippen molar-refractivity contribution in [2.45, 2.75) is 30.3 Å². The van der Waals surface area contributed by atoms with Gasteiger partial charge in [0.05, 0.1) is 11.5 Å². The van der Waals surface area contributed by atoms with Crippen molar-refractivity contribution in [2.75, 3.05) is 9.80 Å². The molecule has 2 bridgehead atoms. The van der Waals surface area contributed by atoms with Gasteiger partial charge in [0.25, 0.3) is 0 Å². The van der Waals surface area contributed by atoms with Crippen LogP contribution in [0.15, 0.2) is 115 Å². The Morgan fingerprint density at radius 3 is 2.37 bits per heavy atom. The fourth-order valence-corrected chi connectivity index (χ4v) is 5.94. The first-order valence-electron chi connectivity index (χ1n) is 12.2. The van der Waals surface area contributed by atoms with E-state index in [0.29, 0.717) is 0 Å². The smallest absolute Gasteiger partial charge is 0.136 e. The lowest BCUT2D eigenvalue weighted by molar-refractivity contribution is 0.539. The van der Waals surface area contributed by atoms with Gasteiger partial charge in [0.1, 0.15) is 17.7 Å². The van der Waals surface area contributed by atoms with Crippen molar-refractivity contribution in [3.63, 3.8) is 0 Å². The van der Waals surface area contributed by atoms with Gasteiger partial charge in [0.15, 0.2) is 0 Å². The Balaban J connectivity index is 1.40. The van der Waals surface area contributed by atoms with E-state index in [2.05, 4.69) is 144 Å². The standard InChI is InChI=1S/C32H25N3/c1-32-22-9-8-15-27(32)26-14-5-7-17-29(26)35(32)31-19-10-18-30(33-31)34-24-12-3-2-11-23(20-21-24)25-13-4-6-16-28(25)34/h2-19,22-24,27H,1H3/b11-2-,12-3-. The van der Waals surface area contributed by atoms with E-state index < -0.39 is 0 Å². The van der Waals surface area contributed by atoms with E-state index in [4.69, 9.17) is 4.98 Å². The molecule has 3 heterocycles. The number of benzene rings is 2. The number of hydrogen-bond acceptors (Lipinski definition) is 3. The van der Waals surface area contributed by atoms with E-state index in [9.17, 15) is 0 Å². The molecule has 0 saturated carbocycles. The summed E-state index contributed by atoms with van der Waals surface area (Å²) in [7, 11) is 0. The van der Waals surface area contributed by atoms with Crippen molar-refractivity contribution in [2.24, 2.45) is 0 Å². The number of hydrogen-bond donors (Lipinski definition) is 0. The summed E-state index contributed by atoms with van der Waals surface area (Å²) in [6.45, 7) is 2.31. The van der Waals surface area contributed by atoms with Crippen LogP contribution < -0.4 is 9.80 Å². The molecule has 2 aliphatic carbocycles. The summed E-state index contributed by atoms with van der Waals surface area (Å²) in [5.74, 6) is 9.20. The maximum absolute atomic E-state index is 5.30. The molecular formula is C32H25N3. The average molecular weight is 452 g/mol. The van der Waals surface area contributed by atoms with Crippen LogP contribution in [0.25, 0.3) is 0 Å². The predicted octanol–water partition coefficient (Wildman–Crippen LogP) is 6.93. The lowest BCUT2D eigenvalue weighted by Crippen LogP contribution is -2.42. The van der Waals surface area contributed by atoms with Gasteiger partial charge in [-0.1, -0.05) is 96.8 Å². The molecule has 2 aromatic carbocycles. The van der Waals surface area contributed by atoms with Crippen LogP contribution in [0.5, 0.6) is 0 Å². The Morgan fingerprint density at radius 2 is 1.46 bits per heavy atom. The molecule has 4 unspecified atom stereocenters. The fourth-order valence-electron chi connectivity index (χ4n) is 5.94. The van der Waals surface area contributed by atoms with Crippen molar-refractivity contribution < 1.29 is 0 Å². The first-order valence-corrected chi connectivity index (χ1v) is 12.2. The van der Waals surface area contributed by atoms with Crippen LogP contribution >= 0.6 is 0 Å².